The van der Waals surface area contributed by atoms with Gasteiger partial charge >= 0.3 is 0 Å². The Morgan fingerprint density at radius 3 is 2.75 bits per heavy atom. The van der Waals surface area contributed by atoms with Gasteiger partial charge in [-0.2, -0.15) is 0 Å². The van der Waals surface area contributed by atoms with Crippen LogP contribution in [0.1, 0.15) is 30.5 Å². The molecule has 0 spiro atoms. The van der Waals surface area contributed by atoms with Crippen LogP contribution in [0.3, 0.4) is 0 Å². The van der Waals surface area contributed by atoms with E-state index in [-0.39, 0.29) is 0 Å². The molecule has 0 saturated carbocycles. The Morgan fingerprint density at radius 2 is 2.19 bits per heavy atom. The molecular formula is C13H18ClNO. The molecule has 0 aromatic heterocycles. The van der Waals surface area contributed by atoms with E-state index in [1.807, 2.05) is 19.1 Å². The van der Waals surface area contributed by atoms with Crippen molar-refractivity contribution in [2.24, 2.45) is 5.92 Å². The van der Waals surface area contributed by atoms with Crippen LogP contribution in [0.25, 0.3) is 0 Å². The number of methoxy groups -OCH3 is 1. The highest BCUT2D eigenvalue weighted by atomic mass is 35.5. The minimum Gasteiger partial charge on any atom is -0.496 e. The number of hydrogen-bond donors (Lipinski definition) is 1. The van der Waals surface area contributed by atoms with Crippen molar-refractivity contribution >= 4 is 11.6 Å². The summed E-state index contributed by atoms with van der Waals surface area (Å²) in [4.78, 5) is 0. The van der Waals surface area contributed by atoms with Crippen molar-refractivity contribution in [3.63, 3.8) is 0 Å². The highest BCUT2D eigenvalue weighted by Gasteiger charge is 2.25. The fourth-order valence-corrected chi connectivity index (χ4v) is 2.44. The predicted molar refractivity (Wildman–Crippen MR) is 67.3 cm³/mol. The summed E-state index contributed by atoms with van der Waals surface area (Å²) in [5.74, 6) is 1.66. The lowest BCUT2D eigenvalue weighted by Crippen LogP contribution is -2.14. The van der Waals surface area contributed by atoms with E-state index in [9.17, 15) is 0 Å². The number of hydrogen-bond acceptors (Lipinski definition) is 2. The normalized spacial score (nSPS) is 24.8. The summed E-state index contributed by atoms with van der Waals surface area (Å²) >= 11 is 6.17. The fourth-order valence-electron chi connectivity index (χ4n) is 2.27. The maximum Gasteiger partial charge on any atom is 0.124 e. The van der Waals surface area contributed by atoms with E-state index in [0.717, 1.165) is 35.2 Å². The molecular weight excluding hydrogens is 222 g/mol. The average molecular weight is 240 g/mol. The lowest BCUT2D eigenvalue weighted by molar-refractivity contribution is 0.402. The molecule has 2 rings (SSSR count). The molecule has 16 heavy (non-hydrogen) atoms. The van der Waals surface area contributed by atoms with Crippen molar-refractivity contribution in [2.75, 3.05) is 13.7 Å². The van der Waals surface area contributed by atoms with Crippen LogP contribution in [0.4, 0.5) is 0 Å². The van der Waals surface area contributed by atoms with E-state index < -0.39 is 0 Å². The van der Waals surface area contributed by atoms with Gasteiger partial charge in [-0.1, -0.05) is 18.5 Å². The first-order valence-corrected chi connectivity index (χ1v) is 6.07. The van der Waals surface area contributed by atoms with Gasteiger partial charge in [0.05, 0.1) is 7.11 Å². The number of halogens is 1. The average Bonchev–Trinajstić information content (AvgIpc) is 2.68. The van der Waals surface area contributed by atoms with Crippen LogP contribution in [0.5, 0.6) is 5.75 Å². The molecule has 0 radical (unpaired) electrons. The number of aryl methyl sites for hydroxylation is 1. The fraction of sp³-hybridized carbons (Fsp3) is 0.538. The van der Waals surface area contributed by atoms with Gasteiger partial charge in [-0.15, -0.1) is 0 Å². The Morgan fingerprint density at radius 1 is 1.44 bits per heavy atom. The van der Waals surface area contributed by atoms with Gasteiger partial charge in [-0.05, 0) is 43.5 Å². The van der Waals surface area contributed by atoms with Crippen LogP contribution >= 0.6 is 11.6 Å². The quantitative estimate of drug-likeness (QED) is 0.855. The highest BCUT2D eigenvalue weighted by Crippen LogP contribution is 2.36. The first kappa shape index (κ1) is 11.7. The van der Waals surface area contributed by atoms with E-state index in [1.54, 1.807) is 7.11 Å². The van der Waals surface area contributed by atoms with Crippen molar-refractivity contribution in [2.45, 2.75) is 26.3 Å². The predicted octanol–water partition coefficient (Wildman–Crippen LogP) is 3.33. The molecule has 1 heterocycles. The van der Waals surface area contributed by atoms with Gasteiger partial charge in [0.1, 0.15) is 5.75 Å². The van der Waals surface area contributed by atoms with Crippen molar-refractivity contribution in [1.82, 2.24) is 5.32 Å². The molecule has 88 valence electrons. The number of nitrogens with one attached hydrogen (secondary N) is 1. The standard InChI is InChI=1S/C13H18ClNO/c1-8-4-12(15-7-8)10-6-11(14)9(2)5-13(10)16-3/h5-6,8,12,15H,4,7H2,1-3H3/t8-,12+/m0/s1. The van der Waals surface area contributed by atoms with E-state index in [4.69, 9.17) is 16.3 Å². The smallest absolute Gasteiger partial charge is 0.124 e. The summed E-state index contributed by atoms with van der Waals surface area (Å²) in [5.41, 5.74) is 2.25. The molecule has 1 aliphatic heterocycles. The third-order valence-electron chi connectivity index (χ3n) is 3.24. The van der Waals surface area contributed by atoms with E-state index >= 15 is 0 Å². The van der Waals surface area contributed by atoms with Gasteiger partial charge < -0.3 is 10.1 Å². The zero-order valence-electron chi connectivity index (χ0n) is 10.0. The molecule has 2 atom stereocenters. The number of ether oxygens (including phenoxy) is 1. The summed E-state index contributed by atoms with van der Waals surface area (Å²) in [6.45, 7) is 5.33. The first-order valence-electron chi connectivity index (χ1n) is 5.69. The Bertz CT molecular complexity index is 392. The summed E-state index contributed by atoms with van der Waals surface area (Å²) in [6, 6.07) is 4.43. The minimum atomic E-state index is 0.378. The molecule has 1 N–H and O–H groups in total. The first-order chi connectivity index (χ1) is 7.61. The Kier molecular flexibility index (Phi) is 3.41. The molecule has 0 aliphatic carbocycles. The van der Waals surface area contributed by atoms with Gasteiger partial charge in [-0.25, -0.2) is 0 Å². The van der Waals surface area contributed by atoms with Gasteiger partial charge in [0.2, 0.25) is 0 Å². The molecule has 2 nitrogen and oxygen atoms in total. The molecule has 1 saturated heterocycles. The third kappa shape index (κ3) is 2.18. The summed E-state index contributed by atoms with van der Waals surface area (Å²) in [6.07, 6.45) is 1.15. The third-order valence-corrected chi connectivity index (χ3v) is 3.64. The molecule has 1 aromatic carbocycles. The lowest BCUT2D eigenvalue weighted by atomic mass is 9.99. The van der Waals surface area contributed by atoms with E-state index in [1.165, 1.54) is 5.56 Å². The van der Waals surface area contributed by atoms with Gasteiger partial charge in [0, 0.05) is 16.6 Å². The van der Waals surface area contributed by atoms with Gasteiger partial charge in [0.15, 0.2) is 0 Å². The molecule has 3 heteroatoms. The SMILES string of the molecule is COc1cc(C)c(Cl)cc1[C@H]1C[C@H](C)CN1. The molecule has 0 bridgehead atoms. The Balaban J connectivity index is 2.35. The maximum atomic E-state index is 6.17. The monoisotopic (exact) mass is 239 g/mol. The van der Waals surface area contributed by atoms with Crippen LogP contribution in [-0.2, 0) is 0 Å². The molecule has 0 unspecified atom stereocenters. The summed E-state index contributed by atoms with van der Waals surface area (Å²) in [7, 11) is 1.71. The van der Waals surface area contributed by atoms with Crippen LogP contribution in [-0.4, -0.2) is 13.7 Å². The van der Waals surface area contributed by atoms with E-state index in [2.05, 4.69) is 12.2 Å². The van der Waals surface area contributed by atoms with Crippen molar-refractivity contribution in [3.05, 3.63) is 28.3 Å². The lowest BCUT2D eigenvalue weighted by Gasteiger charge is -2.16. The van der Waals surface area contributed by atoms with Crippen molar-refractivity contribution in [3.8, 4) is 5.75 Å². The van der Waals surface area contributed by atoms with Crippen LogP contribution in [0.15, 0.2) is 12.1 Å². The largest absolute Gasteiger partial charge is 0.496 e. The topological polar surface area (TPSA) is 21.3 Å². The van der Waals surface area contributed by atoms with Crippen LogP contribution in [0, 0.1) is 12.8 Å². The Hall–Kier alpha value is -0.730. The van der Waals surface area contributed by atoms with Crippen molar-refractivity contribution in [1.29, 1.82) is 0 Å². The zero-order chi connectivity index (χ0) is 11.7. The van der Waals surface area contributed by atoms with Gasteiger partial charge in [-0.3, -0.25) is 0 Å². The molecule has 1 aliphatic rings. The van der Waals surface area contributed by atoms with Crippen molar-refractivity contribution < 1.29 is 4.74 Å². The van der Waals surface area contributed by atoms with Crippen LogP contribution in [0.2, 0.25) is 5.02 Å². The molecule has 1 aromatic rings. The number of rotatable bonds is 2. The summed E-state index contributed by atoms with van der Waals surface area (Å²) in [5, 5.41) is 4.32. The molecule has 0 amide bonds. The van der Waals surface area contributed by atoms with Gasteiger partial charge in [0.25, 0.3) is 0 Å². The second kappa shape index (κ2) is 4.64. The minimum absolute atomic E-state index is 0.378. The number of benzene rings is 1. The highest BCUT2D eigenvalue weighted by molar-refractivity contribution is 6.31. The maximum absolute atomic E-state index is 6.17. The summed E-state index contributed by atoms with van der Waals surface area (Å²) < 4.78 is 5.43. The zero-order valence-corrected chi connectivity index (χ0v) is 10.8. The van der Waals surface area contributed by atoms with E-state index in [0.29, 0.717) is 6.04 Å². The second-order valence-electron chi connectivity index (χ2n) is 4.65. The second-order valence-corrected chi connectivity index (χ2v) is 5.05. The van der Waals surface area contributed by atoms with Crippen LogP contribution < -0.4 is 10.1 Å². The Labute approximate surface area is 102 Å². The molecule has 1 fully saturated rings.